The summed E-state index contributed by atoms with van der Waals surface area (Å²) in [5.74, 6) is -0.274. The second-order valence-corrected chi connectivity index (χ2v) is 5.21. The van der Waals surface area contributed by atoms with Gasteiger partial charge >= 0.3 is 0 Å². The van der Waals surface area contributed by atoms with Gasteiger partial charge in [-0.2, -0.15) is 0 Å². The second kappa shape index (κ2) is 5.77. The highest BCUT2D eigenvalue weighted by atomic mass is 35.5. The van der Waals surface area contributed by atoms with Gasteiger partial charge in [0.15, 0.2) is 5.15 Å². The number of rotatable bonds is 2. The zero-order valence-electron chi connectivity index (χ0n) is 11.3. The number of anilines is 1. The van der Waals surface area contributed by atoms with Gasteiger partial charge in [-0.15, -0.1) is 0 Å². The Morgan fingerprint density at radius 3 is 2.45 bits per heavy atom. The van der Waals surface area contributed by atoms with Crippen LogP contribution in [0.15, 0.2) is 18.2 Å². The SMILES string of the molecule is Cc1ccc(C(=O)Nc2c(C)cc(Cl)nc2Cl)c(C)n1. The standard InChI is InChI=1S/C14H13Cl2N3O/c1-7-6-11(15)18-13(16)12(7)19-14(20)10-5-4-8(2)17-9(10)3/h4-6H,1-3H3,(H,19,20). The van der Waals surface area contributed by atoms with E-state index in [2.05, 4.69) is 15.3 Å². The molecule has 2 aromatic heterocycles. The number of hydrogen-bond donors (Lipinski definition) is 1. The van der Waals surface area contributed by atoms with Gasteiger partial charge in [0.1, 0.15) is 5.15 Å². The van der Waals surface area contributed by atoms with Crippen molar-refractivity contribution in [1.82, 2.24) is 9.97 Å². The molecule has 0 aromatic carbocycles. The first-order valence-electron chi connectivity index (χ1n) is 5.96. The minimum Gasteiger partial charge on any atom is -0.319 e. The Morgan fingerprint density at radius 1 is 1.15 bits per heavy atom. The highest BCUT2D eigenvalue weighted by molar-refractivity contribution is 6.35. The Kier molecular flexibility index (Phi) is 4.26. The van der Waals surface area contributed by atoms with Crippen LogP contribution in [0, 0.1) is 20.8 Å². The predicted octanol–water partition coefficient (Wildman–Crippen LogP) is 3.96. The number of amides is 1. The molecule has 2 heterocycles. The van der Waals surface area contributed by atoms with Crippen molar-refractivity contribution in [2.45, 2.75) is 20.8 Å². The average molecular weight is 310 g/mol. The Morgan fingerprint density at radius 2 is 1.85 bits per heavy atom. The van der Waals surface area contributed by atoms with E-state index in [4.69, 9.17) is 23.2 Å². The molecule has 2 rings (SSSR count). The van der Waals surface area contributed by atoms with E-state index in [9.17, 15) is 4.79 Å². The molecule has 0 radical (unpaired) electrons. The van der Waals surface area contributed by atoms with Gasteiger partial charge in [-0.25, -0.2) is 4.98 Å². The van der Waals surface area contributed by atoms with Gasteiger partial charge in [0.25, 0.3) is 5.91 Å². The van der Waals surface area contributed by atoms with Crippen LogP contribution in [0.25, 0.3) is 0 Å². The first-order valence-corrected chi connectivity index (χ1v) is 6.72. The van der Waals surface area contributed by atoms with Gasteiger partial charge in [-0.1, -0.05) is 23.2 Å². The third kappa shape index (κ3) is 3.08. The lowest BCUT2D eigenvalue weighted by molar-refractivity contribution is 0.102. The number of halogens is 2. The van der Waals surface area contributed by atoms with Crippen molar-refractivity contribution in [3.05, 3.63) is 51.0 Å². The molecule has 2 aromatic rings. The zero-order chi connectivity index (χ0) is 14.9. The molecule has 20 heavy (non-hydrogen) atoms. The molecule has 0 bridgehead atoms. The summed E-state index contributed by atoms with van der Waals surface area (Å²) < 4.78 is 0. The molecule has 6 heteroatoms. The van der Waals surface area contributed by atoms with Crippen molar-refractivity contribution in [2.75, 3.05) is 5.32 Å². The first kappa shape index (κ1) is 14.8. The maximum Gasteiger partial charge on any atom is 0.257 e. The van der Waals surface area contributed by atoms with E-state index in [1.807, 2.05) is 6.92 Å². The third-order valence-electron chi connectivity index (χ3n) is 2.85. The molecule has 104 valence electrons. The lowest BCUT2D eigenvalue weighted by Crippen LogP contribution is -2.15. The van der Waals surface area contributed by atoms with Crippen LogP contribution in [-0.4, -0.2) is 15.9 Å². The lowest BCUT2D eigenvalue weighted by Gasteiger charge is -2.11. The Hall–Kier alpha value is -1.65. The van der Waals surface area contributed by atoms with Gasteiger partial charge in [0.05, 0.1) is 16.9 Å². The van der Waals surface area contributed by atoms with Crippen LogP contribution in [0.2, 0.25) is 10.3 Å². The number of nitrogens with one attached hydrogen (secondary N) is 1. The molecule has 1 N–H and O–H groups in total. The number of carbonyl (C=O) groups excluding carboxylic acids is 1. The van der Waals surface area contributed by atoms with Crippen LogP contribution >= 0.6 is 23.2 Å². The van der Waals surface area contributed by atoms with Crippen molar-refractivity contribution >= 4 is 34.8 Å². The van der Waals surface area contributed by atoms with Crippen LogP contribution < -0.4 is 5.32 Å². The summed E-state index contributed by atoms with van der Waals surface area (Å²) in [6.45, 7) is 5.46. The van der Waals surface area contributed by atoms with E-state index in [1.54, 1.807) is 32.0 Å². The number of aromatic nitrogens is 2. The van der Waals surface area contributed by atoms with Crippen molar-refractivity contribution in [2.24, 2.45) is 0 Å². The number of aryl methyl sites for hydroxylation is 3. The Labute approximate surface area is 127 Å². The van der Waals surface area contributed by atoms with Gasteiger partial charge < -0.3 is 5.32 Å². The summed E-state index contributed by atoms with van der Waals surface area (Å²) in [4.78, 5) is 20.4. The predicted molar refractivity (Wildman–Crippen MR) is 80.7 cm³/mol. The molecule has 0 aliphatic heterocycles. The van der Waals surface area contributed by atoms with E-state index in [0.717, 1.165) is 11.3 Å². The Balaban J connectivity index is 2.33. The molecule has 0 atom stereocenters. The second-order valence-electron chi connectivity index (χ2n) is 4.47. The zero-order valence-corrected chi connectivity index (χ0v) is 12.8. The monoisotopic (exact) mass is 309 g/mol. The molecule has 0 unspecified atom stereocenters. The summed E-state index contributed by atoms with van der Waals surface area (Å²) >= 11 is 11.8. The van der Waals surface area contributed by atoms with Crippen LogP contribution in [0.3, 0.4) is 0 Å². The molecular weight excluding hydrogens is 297 g/mol. The normalized spacial score (nSPS) is 10.4. The molecule has 4 nitrogen and oxygen atoms in total. The molecule has 0 spiro atoms. The van der Waals surface area contributed by atoms with Crippen LogP contribution in [0.4, 0.5) is 5.69 Å². The highest BCUT2D eigenvalue weighted by Crippen LogP contribution is 2.27. The summed E-state index contributed by atoms with van der Waals surface area (Å²) in [6, 6.07) is 5.17. The van der Waals surface area contributed by atoms with Crippen molar-refractivity contribution < 1.29 is 4.79 Å². The van der Waals surface area contributed by atoms with E-state index >= 15 is 0 Å². The number of pyridine rings is 2. The van der Waals surface area contributed by atoms with Crippen LogP contribution in [-0.2, 0) is 0 Å². The molecular formula is C14H13Cl2N3O. The summed E-state index contributed by atoms with van der Waals surface area (Å²) in [6.07, 6.45) is 0. The summed E-state index contributed by atoms with van der Waals surface area (Å²) in [5, 5.41) is 3.21. The highest BCUT2D eigenvalue weighted by Gasteiger charge is 2.14. The fourth-order valence-electron chi connectivity index (χ4n) is 1.85. The smallest absolute Gasteiger partial charge is 0.257 e. The maximum atomic E-state index is 12.3. The topological polar surface area (TPSA) is 54.9 Å². The van der Waals surface area contributed by atoms with Crippen molar-refractivity contribution in [3.63, 3.8) is 0 Å². The van der Waals surface area contributed by atoms with Gasteiger partial charge in [-0.3, -0.25) is 9.78 Å². The third-order valence-corrected chi connectivity index (χ3v) is 3.32. The largest absolute Gasteiger partial charge is 0.319 e. The number of carbonyl (C=O) groups is 1. The quantitative estimate of drug-likeness (QED) is 0.854. The van der Waals surface area contributed by atoms with E-state index in [0.29, 0.717) is 22.1 Å². The summed E-state index contributed by atoms with van der Waals surface area (Å²) in [5.41, 5.74) is 3.24. The van der Waals surface area contributed by atoms with Crippen LogP contribution in [0.5, 0.6) is 0 Å². The van der Waals surface area contributed by atoms with E-state index in [1.165, 1.54) is 0 Å². The maximum absolute atomic E-state index is 12.3. The van der Waals surface area contributed by atoms with Gasteiger partial charge in [-0.05, 0) is 44.5 Å². The number of hydrogen-bond acceptors (Lipinski definition) is 3. The molecule has 0 saturated heterocycles. The van der Waals surface area contributed by atoms with E-state index in [-0.39, 0.29) is 11.1 Å². The molecule has 0 fully saturated rings. The van der Waals surface area contributed by atoms with Crippen molar-refractivity contribution in [1.29, 1.82) is 0 Å². The minimum absolute atomic E-state index is 0.168. The minimum atomic E-state index is -0.274. The number of nitrogens with zero attached hydrogens (tertiary/aromatic N) is 2. The fraction of sp³-hybridized carbons (Fsp3) is 0.214. The first-order chi connectivity index (χ1) is 9.38. The average Bonchev–Trinajstić information content (AvgIpc) is 2.33. The lowest BCUT2D eigenvalue weighted by atomic mass is 10.1. The fourth-order valence-corrected chi connectivity index (χ4v) is 2.43. The molecule has 1 amide bonds. The van der Waals surface area contributed by atoms with Gasteiger partial charge in [0.2, 0.25) is 0 Å². The van der Waals surface area contributed by atoms with Crippen molar-refractivity contribution in [3.8, 4) is 0 Å². The summed E-state index contributed by atoms with van der Waals surface area (Å²) in [7, 11) is 0. The molecule has 0 aliphatic carbocycles. The molecule has 0 saturated carbocycles. The van der Waals surface area contributed by atoms with Gasteiger partial charge in [0, 0.05) is 5.69 Å². The van der Waals surface area contributed by atoms with Crippen LogP contribution in [0.1, 0.15) is 27.3 Å². The Bertz CT molecular complexity index is 663. The van der Waals surface area contributed by atoms with E-state index < -0.39 is 0 Å². The molecule has 0 aliphatic rings.